The van der Waals surface area contributed by atoms with Crippen molar-refractivity contribution in [2.75, 3.05) is 0 Å². The van der Waals surface area contributed by atoms with Crippen molar-refractivity contribution < 1.29 is 37.6 Å². The Hall–Kier alpha value is -2.27. The zero-order valence-corrected chi connectivity index (χ0v) is 14.7. The molecule has 27 heavy (non-hydrogen) atoms. The minimum Gasteiger partial charge on any atom is -0.426 e. The summed E-state index contributed by atoms with van der Waals surface area (Å²) < 4.78 is 41.6. The topological polar surface area (TPSA) is 100 Å². The second-order valence-corrected chi connectivity index (χ2v) is 6.54. The first-order valence-corrected chi connectivity index (χ1v) is 8.31. The lowest BCUT2D eigenvalue weighted by Crippen LogP contribution is -2.50. The number of hydrogen-bond donors (Lipinski definition) is 3. The smallest absolute Gasteiger partial charge is 0.426 e. The van der Waals surface area contributed by atoms with Gasteiger partial charge < -0.3 is 24.9 Å². The molecule has 0 saturated heterocycles. The summed E-state index contributed by atoms with van der Waals surface area (Å²) in [5.74, 6) is -1.88. The summed E-state index contributed by atoms with van der Waals surface area (Å²) in [4.78, 5) is 17.3. The van der Waals surface area contributed by atoms with Crippen LogP contribution >= 0.6 is 0 Å². The first-order chi connectivity index (χ1) is 12.6. The second kappa shape index (κ2) is 8.62. The maximum atomic E-state index is 12.5. The molecule has 1 amide bonds. The van der Waals surface area contributed by atoms with E-state index in [-0.39, 0.29) is 23.6 Å². The number of carbonyl (C=O) groups is 1. The molecule has 0 aliphatic carbocycles. The van der Waals surface area contributed by atoms with Gasteiger partial charge in [-0.15, -0.1) is 13.2 Å². The Morgan fingerprint density at radius 3 is 2.67 bits per heavy atom. The van der Waals surface area contributed by atoms with E-state index in [9.17, 15) is 28.0 Å². The summed E-state index contributed by atoms with van der Waals surface area (Å²) in [6.45, 7) is 3.71. The lowest BCUT2D eigenvalue weighted by atomic mass is 9.75. The van der Waals surface area contributed by atoms with E-state index in [1.54, 1.807) is 0 Å². The van der Waals surface area contributed by atoms with Crippen molar-refractivity contribution in [3.63, 3.8) is 0 Å². The maximum absolute atomic E-state index is 12.5. The molecule has 2 atom stereocenters. The Balaban J connectivity index is 2.05. The minimum absolute atomic E-state index is 0.0612. The molecule has 1 heterocycles. The summed E-state index contributed by atoms with van der Waals surface area (Å²) >= 11 is 0. The van der Waals surface area contributed by atoms with Crippen LogP contribution in [0, 0.1) is 5.92 Å². The molecule has 0 aromatic heterocycles. The predicted octanol–water partition coefficient (Wildman–Crippen LogP) is 1.62. The molecule has 0 bridgehead atoms. The number of nitrogens with one attached hydrogen (secondary N) is 1. The van der Waals surface area contributed by atoms with Crippen molar-refractivity contribution in [1.82, 2.24) is 5.32 Å². The first-order valence-electron chi connectivity index (χ1n) is 8.31. The zero-order chi connectivity index (χ0) is 20.2. The molecule has 0 spiro atoms. The van der Waals surface area contributed by atoms with E-state index in [4.69, 9.17) is 4.84 Å². The Bertz CT molecular complexity index is 697. The Labute approximate surface area is 154 Å². The van der Waals surface area contributed by atoms with Gasteiger partial charge in [0.15, 0.2) is 0 Å². The highest BCUT2D eigenvalue weighted by Gasteiger charge is 2.36. The molecule has 7 nitrogen and oxygen atoms in total. The number of carbonyl (C=O) groups excluding carboxylic acids is 1. The second-order valence-electron chi connectivity index (χ2n) is 6.54. The van der Waals surface area contributed by atoms with Crippen LogP contribution in [0.1, 0.15) is 32.3 Å². The van der Waals surface area contributed by atoms with Gasteiger partial charge in [0.2, 0.25) is 6.10 Å². The molecule has 0 saturated carbocycles. The maximum Gasteiger partial charge on any atom is 0.573 e. The van der Waals surface area contributed by atoms with Crippen LogP contribution in [-0.4, -0.2) is 47.2 Å². The van der Waals surface area contributed by atoms with E-state index in [0.29, 0.717) is 6.42 Å². The number of para-hydroxylation sites is 1. The Kier molecular flexibility index (Phi) is 6.71. The van der Waals surface area contributed by atoms with Crippen molar-refractivity contribution >= 4 is 18.7 Å². The van der Waals surface area contributed by atoms with Crippen molar-refractivity contribution in [1.29, 1.82) is 0 Å². The Morgan fingerprint density at radius 1 is 1.41 bits per heavy atom. The van der Waals surface area contributed by atoms with Gasteiger partial charge in [-0.05, 0) is 24.5 Å². The van der Waals surface area contributed by atoms with Crippen LogP contribution in [0.25, 0.3) is 0 Å². The number of nitrogens with zero attached hydrogens (tertiary/aromatic N) is 1. The molecular weight excluding hydrogens is 368 g/mol. The summed E-state index contributed by atoms with van der Waals surface area (Å²) in [6, 6.07) is 5.40. The van der Waals surface area contributed by atoms with E-state index >= 15 is 0 Å². The fraction of sp³-hybridized carbons (Fsp3) is 0.500. The number of rotatable bonds is 7. The SMILES string of the molecule is CC(C)CC(NC(=O)C1CC(c2ccccc2OC(F)(F)F)=NO1)B(O)O. The highest BCUT2D eigenvalue weighted by Crippen LogP contribution is 2.29. The molecule has 0 fully saturated rings. The number of oxime groups is 1. The van der Waals surface area contributed by atoms with Crippen LogP contribution in [0.3, 0.4) is 0 Å². The summed E-state index contributed by atoms with van der Waals surface area (Å²) in [6.07, 6.45) is -5.72. The average molecular weight is 388 g/mol. The van der Waals surface area contributed by atoms with Gasteiger partial charge in [-0.3, -0.25) is 4.79 Å². The monoisotopic (exact) mass is 388 g/mol. The van der Waals surface area contributed by atoms with Crippen molar-refractivity contribution in [3.05, 3.63) is 29.8 Å². The van der Waals surface area contributed by atoms with Gasteiger partial charge in [0.05, 0.1) is 11.7 Å². The van der Waals surface area contributed by atoms with Crippen molar-refractivity contribution in [3.8, 4) is 5.75 Å². The molecule has 11 heteroatoms. The zero-order valence-electron chi connectivity index (χ0n) is 14.7. The number of alkyl halides is 3. The Morgan fingerprint density at radius 2 is 2.07 bits per heavy atom. The summed E-state index contributed by atoms with van der Waals surface area (Å²) in [5.41, 5.74) is 0.186. The van der Waals surface area contributed by atoms with E-state index in [0.717, 1.165) is 6.07 Å². The minimum atomic E-state index is -4.87. The molecule has 1 aliphatic rings. The third-order valence-electron chi connectivity index (χ3n) is 3.80. The van der Waals surface area contributed by atoms with Gasteiger partial charge in [0, 0.05) is 12.0 Å². The van der Waals surface area contributed by atoms with E-state index in [1.807, 2.05) is 13.8 Å². The van der Waals surface area contributed by atoms with Gasteiger partial charge in [-0.2, -0.15) is 0 Å². The van der Waals surface area contributed by atoms with E-state index < -0.39 is 37.2 Å². The first kappa shape index (κ1) is 21.0. The van der Waals surface area contributed by atoms with Gasteiger partial charge in [-0.25, -0.2) is 0 Å². The van der Waals surface area contributed by atoms with Crippen LogP contribution in [-0.2, 0) is 9.63 Å². The van der Waals surface area contributed by atoms with E-state index in [1.165, 1.54) is 18.2 Å². The number of halogens is 3. The lowest BCUT2D eigenvalue weighted by molar-refractivity contribution is -0.274. The largest absolute Gasteiger partial charge is 0.573 e. The quantitative estimate of drug-likeness (QED) is 0.617. The summed E-state index contributed by atoms with van der Waals surface area (Å²) in [5, 5.41) is 24.9. The lowest BCUT2D eigenvalue weighted by Gasteiger charge is -2.21. The standard InChI is InChI=1S/C16H20BF3N2O5/c1-9(2)7-14(17(24)25)21-15(23)13-8-11(22-27-13)10-5-3-4-6-12(10)26-16(18,19)20/h3-6,9,13-14,24-25H,7-8H2,1-2H3,(H,21,23). The number of hydrogen-bond acceptors (Lipinski definition) is 6. The third-order valence-corrected chi connectivity index (χ3v) is 3.80. The van der Waals surface area contributed by atoms with Crippen LogP contribution in [0.5, 0.6) is 5.75 Å². The average Bonchev–Trinajstić information content (AvgIpc) is 3.02. The number of benzene rings is 1. The molecule has 1 aromatic rings. The summed E-state index contributed by atoms with van der Waals surface area (Å²) in [7, 11) is -1.75. The highest BCUT2D eigenvalue weighted by molar-refractivity contribution is 6.43. The van der Waals surface area contributed by atoms with Crippen LogP contribution in [0.15, 0.2) is 29.4 Å². The van der Waals surface area contributed by atoms with Gasteiger partial charge in [0.1, 0.15) is 5.75 Å². The number of amides is 1. The van der Waals surface area contributed by atoms with Gasteiger partial charge >= 0.3 is 13.5 Å². The van der Waals surface area contributed by atoms with E-state index in [2.05, 4.69) is 15.2 Å². The highest BCUT2D eigenvalue weighted by atomic mass is 19.4. The molecule has 2 rings (SSSR count). The molecule has 1 aromatic carbocycles. The molecule has 2 unspecified atom stereocenters. The van der Waals surface area contributed by atoms with Crippen LogP contribution < -0.4 is 10.1 Å². The molecular formula is C16H20BF3N2O5. The van der Waals surface area contributed by atoms with Crippen molar-refractivity contribution in [2.24, 2.45) is 11.1 Å². The molecule has 148 valence electrons. The van der Waals surface area contributed by atoms with Crippen LogP contribution in [0.2, 0.25) is 0 Å². The molecule has 3 N–H and O–H groups in total. The van der Waals surface area contributed by atoms with Crippen LogP contribution in [0.4, 0.5) is 13.2 Å². The molecule has 0 radical (unpaired) electrons. The number of ether oxygens (including phenoxy) is 1. The fourth-order valence-corrected chi connectivity index (χ4v) is 2.63. The third kappa shape index (κ3) is 6.14. The fourth-order valence-electron chi connectivity index (χ4n) is 2.63. The van der Waals surface area contributed by atoms with Gasteiger partial charge in [-0.1, -0.05) is 31.1 Å². The van der Waals surface area contributed by atoms with Crippen molar-refractivity contribution in [2.45, 2.75) is 45.1 Å². The van der Waals surface area contributed by atoms with Gasteiger partial charge in [0.25, 0.3) is 5.91 Å². The molecule has 1 aliphatic heterocycles. The normalized spacial score (nSPS) is 17.9. The predicted molar refractivity (Wildman–Crippen MR) is 90.7 cm³/mol.